The van der Waals surface area contributed by atoms with Gasteiger partial charge < -0.3 is 10.2 Å². The largest absolute Gasteiger partial charge is 0.508 e. The number of aryl methyl sites for hydroxylation is 1. The minimum atomic E-state index is -0.286. The summed E-state index contributed by atoms with van der Waals surface area (Å²) in [7, 11) is 0. The van der Waals surface area contributed by atoms with Gasteiger partial charge in [0.25, 0.3) is 0 Å². The molecule has 4 aliphatic carbocycles. The molecule has 2 aromatic rings. The summed E-state index contributed by atoms with van der Waals surface area (Å²) >= 11 is 0. The first-order valence-corrected chi connectivity index (χ1v) is 11.6. The molecule has 0 heterocycles. The van der Waals surface area contributed by atoms with Crippen LogP contribution in [0.15, 0.2) is 48.6 Å². The smallest absolute Gasteiger partial charge is 0.139 e. The van der Waals surface area contributed by atoms with Crippen LogP contribution in [0.25, 0.3) is 11.6 Å². The number of allylic oxidation sites excluding steroid dienone is 3. The first kappa shape index (κ1) is 18.9. The highest BCUT2D eigenvalue weighted by Gasteiger charge is 2.56. The molecule has 158 valence electrons. The molecule has 2 aromatic carbocycles. The molecule has 0 amide bonds. The monoisotopic (exact) mass is 412 g/mol. The van der Waals surface area contributed by atoms with Gasteiger partial charge in [-0.2, -0.15) is 0 Å². The third-order valence-corrected chi connectivity index (χ3v) is 8.50. The summed E-state index contributed by atoms with van der Waals surface area (Å²) in [5, 5.41) is 20.0. The number of benzene rings is 2. The maximum Gasteiger partial charge on any atom is 0.139 e. The third-order valence-electron chi connectivity index (χ3n) is 8.50. The number of ketones is 1. The van der Waals surface area contributed by atoms with Gasteiger partial charge in [0.1, 0.15) is 17.3 Å². The molecule has 3 unspecified atom stereocenters. The lowest BCUT2D eigenvalue weighted by atomic mass is 9.54. The summed E-state index contributed by atoms with van der Waals surface area (Å²) in [6, 6.07) is 11.4. The van der Waals surface area contributed by atoms with Crippen molar-refractivity contribution in [1.29, 1.82) is 0 Å². The second-order valence-electron chi connectivity index (χ2n) is 9.91. The summed E-state index contributed by atoms with van der Waals surface area (Å²) in [4.78, 5) is 13.4. The van der Waals surface area contributed by atoms with E-state index >= 15 is 0 Å². The van der Waals surface area contributed by atoms with Crippen molar-refractivity contribution in [3.8, 4) is 11.5 Å². The summed E-state index contributed by atoms with van der Waals surface area (Å²) in [5.41, 5.74) is 5.84. The molecule has 2 saturated carbocycles. The highest BCUT2D eigenvalue weighted by atomic mass is 16.3. The number of carbonyl (C=O) groups is 1. The van der Waals surface area contributed by atoms with E-state index in [1.807, 2.05) is 18.2 Å². The molecule has 2 N–H and O–H groups in total. The van der Waals surface area contributed by atoms with E-state index in [0.29, 0.717) is 41.5 Å². The standard InChI is InChI=1S/C28H28O3/c29-20-7-9-22-18(14-20)5-8-24-23(22)12-13-28(26(24)10-11-27(28)31)16-19-3-1-2-17-4-6-21(30)15-25(17)19/h3-9,14-15,23-24,26,29-30H,1-2,10-13,16H2/t23?,24?,26?,28-/m1/s1. The number of hydrogen-bond acceptors (Lipinski definition) is 3. The molecular weight excluding hydrogens is 384 g/mol. The summed E-state index contributed by atoms with van der Waals surface area (Å²) in [6.07, 6.45) is 13.2. The molecule has 6 rings (SSSR count). The summed E-state index contributed by atoms with van der Waals surface area (Å²) < 4.78 is 0. The average Bonchev–Trinajstić information content (AvgIpc) is 3.10. The molecule has 2 fully saturated rings. The number of carbonyl (C=O) groups excluding carboxylic acids is 1. The zero-order valence-electron chi connectivity index (χ0n) is 17.7. The van der Waals surface area contributed by atoms with E-state index < -0.39 is 0 Å². The van der Waals surface area contributed by atoms with Crippen molar-refractivity contribution in [1.82, 2.24) is 0 Å². The number of fused-ring (bicyclic) bond motifs is 6. The number of phenols is 2. The van der Waals surface area contributed by atoms with Crippen molar-refractivity contribution >= 4 is 17.4 Å². The maximum atomic E-state index is 13.4. The predicted molar refractivity (Wildman–Crippen MR) is 122 cm³/mol. The fourth-order valence-electron chi connectivity index (χ4n) is 7.10. The number of aromatic hydroxyl groups is 2. The van der Waals surface area contributed by atoms with Crippen LogP contribution in [0.5, 0.6) is 11.5 Å². The first-order valence-electron chi connectivity index (χ1n) is 11.6. The molecule has 4 aliphatic rings. The Morgan fingerprint density at radius 1 is 1.00 bits per heavy atom. The van der Waals surface area contributed by atoms with Crippen molar-refractivity contribution in [2.75, 3.05) is 0 Å². The van der Waals surface area contributed by atoms with E-state index in [2.05, 4.69) is 24.3 Å². The normalized spacial score (nSPS) is 30.8. The van der Waals surface area contributed by atoms with Gasteiger partial charge in [0.05, 0.1) is 0 Å². The van der Waals surface area contributed by atoms with Gasteiger partial charge >= 0.3 is 0 Å². The molecule has 0 radical (unpaired) electrons. The quantitative estimate of drug-likeness (QED) is 0.636. The van der Waals surface area contributed by atoms with Crippen LogP contribution < -0.4 is 0 Å². The Labute approximate surface area is 183 Å². The second kappa shape index (κ2) is 6.85. The average molecular weight is 413 g/mol. The van der Waals surface area contributed by atoms with Crippen LogP contribution in [0.4, 0.5) is 0 Å². The fourth-order valence-corrected chi connectivity index (χ4v) is 7.10. The third kappa shape index (κ3) is 2.82. The Morgan fingerprint density at radius 3 is 2.74 bits per heavy atom. The molecular formula is C28H28O3. The van der Waals surface area contributed by atoms with E-state index in [4.69, 9.17) is 0 Å². The van der Waals surface area contributed by atoms with Crippen LogP contribution in [-0.4, -0.2) is 16.0 Å². The lowest BCUT2D eigenvalue weighted by molar-refractivity contribution is -0.129. The van der Waals surface area contributed by atoms with Crippen LogP contribution in [0.2, 0.25) is 0 Å². The van der Waals surface area contributed by atoms with Crippen molar-refractivity contribution in [2.24, 2.45) is 17.3 Å². The number of rotatable bonds is 2. The van der Waals surface area contributed by atoms with Crippen LogP contribution in [0.3, 0.4) is 0 Å². The van der Waals surface area contributed by atoms with Gasteiger partial charge in [-0.05, 0) is 108 Å². The Hall–Kier alpha value is -2.81. The Bertz CT molecular complexity index is 1140. The van der Waals surface area contributed by atoms with E-state index in [-0.39, 0.29) is 5.41 Å². The van der Waals surface area contributed by atoms with E-state index in [9.17, 15) is 15.0 Å². The van der Waals surface area contributed by atoms with Crippen molar-refractivity contribution < 1.29 is 15.0 Å². The first-order chi connectivity index (χ1) is 15.0. The van der Waals surface area contributed by atoms with Crippen LogP contribution in [-0.2, 0) is 11.2 Å². The zero-order valence-corrected chi connectivity index (χ0v) is 17.7. The minimum absolute atomic E-state index is 0.286. The number of Topliss-reactive ketones (excluding diaryl/α,β-unsaturated/α-hetero) is 1. The summed E-state index contributed by atoms with van der Waals surface area (Å²) in [6.45, 7) is 0. The molecule has 31 heavy (non-hydrogen) atoms. The van der Waals surface area contributed by atoms with E-state index in [1.165, 1.54) is 16.7 Å². The minimum Gasteiger partial charge on any atom is -0.508 e. The van der Waals surface area contributed by atoms with Gasteiger partial charge in [0.2, 0.25) is 0 Å². The maximum absolute atomic E-state index is 13.4. The number of hydrogen-bond donors (Lipinski definition) is 2. The Kier molecular flexibility index (Phi) is 4.18. The van der Waals surface area contributed by atoms with Crippen LogP contribution in [0.1, 0.15) is 66.7 Å². The van der Waals surface area contributed by atoms with Crippen molar-refractivity contribution in [3.63, 3.8) is 0 Å². The molecule has 4 atom stereocenters. The lowest BCUT2D eigenvalue weighted by Gasteiger charge is -2.48. The van der Waals surface area contributed by atoms with Gasteiger partial charge in [-0.15, -0.1) is 0 Å². The van der Waals surface area contributed by atoms with Gasteiger partial charge in [-0.1, -0.05) is 30.4 Å². The second-order valence-corrected chi connectivity index (χ2v) is 9.91. The van der Waals surface area contributed by atoms with Crippen molar-refractivity contribution in [2.45, 2.75) is 50.9 Å². The predicted octanol–water partition coefficient (Wildman–Crippen LogP) is 6.00. The topological polar surface area (TPSA) is 57.5 Å². The Morgan fingerprint density at radius 2 is 1.84 bits per heavy atom. The fraction of sp³-hybridized carbons (Fsp3) is 0.393. The van der Waals surface area contributed by atoms with Crippen LogP contribution in [0, 0.1) is 17.3 Å². The molecule has 0 aromatic heterocycles. The molecule has 3 nitrogen and oxygen atoms in total. The van der Waals surface area contributed by atoms with Gasteiger partial charge in [-0.3, -0.25) is 4.79 Å². The van der Waals surface area contributed by atoms with Crippen molar-refractivity contribution in [3.05, 3.63) is 70.8 Å². The highest BCUT2D eigenvalue weighted by molar-refractivity contribution is 5.90. The Balaban J connectivity index is 1.37. The number of phenolic OH excluding ortho intramolecular Hbond substituents is 2. The van der Waals surface area contributed by atoms with Gasteiger partial charge in [0.15, 0.2) is 0 Å². The van der Waals surface area contributed by atoms with Gasteiger partial charge in [-0.25, -0.2) is 0 Å². The lowest BCUT2D eigenvalue weighted by Crippen LogP contribution is -2.43. The van der Waals surface area contributed by atoms with Gasteiger partial charge in [0, 0.05) is 11.8 Å². The van der Waals surface area contributed by atoms with E-state index in [1.54, 1.807) is 12.1 Å². The van der Waals surface area contributed by atoms with E-state index in [0.717, 1.165) is 49.7 Å². The molecule has 0 saturated heterocycles. The molecule has 0 bridgehead atoms. The summed E-state index contributed by atoms with van der Waals surface area (Å²) in [5.74, 6) is 2.23. The molecule has 3 heteroatoms. The SMILES string of the molecule is O=C1CCC2C3C=Cc4cc(O)ccc4C3CC[C@]12CC1=CCCc2ccc(O)cc21. The highest BCUT2D eigenvalue weighted by Crippen LogP contribution is 2.62. The zero-order chi connectivity index (χ0) is 21.2. The molecule has 0 aliphatic heterocycles. The van der Waals surface area contributed by atoms with Crippen LogP contribution >= 0.6 is 0 Å². The molecule has 0 spiro atoms.